The number of aromatic nitrogens is 2. The van der Waals surface area contributed by atoms with Crippen LogP contribution in [0.25, 0.3) is 0 Å². The van der Waals surface area contributed by atoms with E-state index in [1.807, 2.05) is 33.3 Å². The van der Waals surface area contributed by atoms with Crippen LogP contribution < -0.4 is 5.32 Å². The van der Waals surface area contributed by atoms with Gasteiger partial charge in [-0.3, -0.25) is 0 Å². The average Bonchev–Trinajstić information content (AvgIpc) is 2.68. The number of hydrogen-bond donors (Lipinski definition) is 2. The smallest absolute Gasteiger partial charge is 0.0945 e. The Balaban J connectivity index is 2.04. The summed E-state index contributed by atoms with van der Waals surface area (Å²) in [6, 6.07) is 0.126. The first-order valence-electron chi connectivity index (χ1n) is 5.91. The number of unbranched alkanes of at least 4 members (excludes halogenated alkanes) is 1. The third kappa shape index (κ3) is 4.77. The SMILES string of the molecule is CC(NCCCCn1ccnc1)C(C)(C)O. The molecule has 0 aliphatic carbocycles. The third-order valence-electron chi connectivity index (χ3n) is 2.91. The highest BCUT2D eigenvalue weighted by atomic mass is 16.3. The van der Waals surface area contributed by atoms with E-state index >= 15 is 0 Å². The highest BCUT2D eigenvalue weighted by Crippen LogP contribution is 2.07. The molecule has 1 heterocycles. The highest BCUT2D eigenvalue weighted by Gasteiger charge is 2.20. The summed E-state index contributed by atoms with van der Waals surface area (Å²) in [5.41, 5.74) is -0.648. The maximum Gasteiger partial charge on any atom is 0.0945 e. The Bertz CT molecular complexity index is 277. The highest BCUT2D eigenvalue weighted by molar-refractivity contribution is 4.79. The molecule has 0 aliphatic rings. The molecule has 0 saturated heterocycles. The zero-order valence-corrected chi connectivity index (χ0v) is 10.5. The molecule has 1 unspecified atom stereocenters. The van der Waals surface area contributed by atoms with Crippen LogP contribution >= 0.6 is 0 Å². The molecule has 0 aliphatic heterocycles. The normalized spacial score (nSPS) is 14.0. The first-order valence-corrected chi connectivity index (χ1v) is 5.91. The number of aryl methyl sites for hydroxylation is 1. The van der Waals surface area contributed by atoms with Crippen molar-refractivity contribution in [3.05, 3.63) is 18.7 Å². The van der Waals surface area contributed by atoms with Crippen molar-refractivity contribution < 1.29 is 5.11 Å². The standard InChI is InChI=1S/C12H23N3O/c1-11(12(2,3)16)14-6-4-5-8-15-9-7-13-10-15/h7,9-11,14,16H,4-6,8H2,1-3H3. The molecule has 1 aromatic heterocycles. The number of rotatable bonds is 7. The van der Waals surface area contributed by atoms with Crippen molar-refractivity contribution in [1.82, 2.24) is 14.9 Å². The lowest BCUT2D eigenvalue weighted by molar-refractivity contribution is 0.0443. The lowest BCUT2D eigenvalue weighted by Gasteiger charge is -2.26. The Hall–Kier alpha value is -0.870. The van der Waals surface area contributed by atoms with Gasteiger partial charge in [-0.2, -0.15) is 0 Å². The van der Waals surface area contributed by atoms with Crippen LogP contribution in [-0.4, -0.2) is 32.8 Å². The van der Waals surface area contributed by atoms with Crippen molar-refractivity contribution in [1.29, 1.82) is 0 Å². The number of hydrogen-bond acceptors (Lipinski definition) is 3. The number of nitrogens with one attached hydrogen (secondary N) is 1. The molecule has 92 valence electrons. The minimum Gasteiger partial charge on any atom is -0.389 e. The van der Waals surface area contributed by atoms with Gasteiger partial charge in [-0.15, -0.1) is 0 Å². The molecular weight excluding hydrogens is 202 g/mol. The van der Waals surface area contributed by atoms with Gasteiger partial charge in [0.15, 0.2) is 0 Å². The van der Waals surface area contributed by atoms with Crippen LogP contribution in [0.1, 0.15) is 33.6 Å². The summed E-state index contributed by atoms with van der Waals surface area (Å²) in [6.45, 7) is 7.63. The van der Waals surface area contributed by atoms with E-state index in [1.54, 1.807) is 6.20 Å². The van der Waals surface area contributed by atoms with Crippen molar-refractivity contribution >= 4 is 0 Å². The average molecular weight is 225 g/mol. The lowest BCUT2D eigenvalue weighted by atomic mass is 10.0. The topological polar surface area (TPSA) is 50.1 Å². The Labute approximate surface area is 97.7 Å². The van der Waals surface area contributed by atoms with E-state index in [0.717, 1.165) is 25.9 Å². The van der Waals surface area contributed by atoms with Gasteiger partial charge in [0.2, 0.25) is 0 Å². The predicted molar refractivity (Wildman–Crippen MR) is 65.2 cm³/mol. The number of imidazole rings is 1. The van der Waals surface area contributed by atoms with Gasteiger partial charge >= 0.3 is 0 Å². The van der Waals surface area contributed by atoms with Crippen LogP contribution in [0.5, 0.6) is 0 Å². The fourth-order valence-corrected chi connectivity index (χ4v) is 1.41. The van der Waals surface area contributed by atoms with Crippen molar-refractivity contribution in [2.45, 2.75) is 51.8 Å². The van der Waals surface area contributed by atoms with Gasteiger partial charge in [0.05, 0.1) is 11.9 Å². The number of nitrogens with zero attached hydrogens (tertiary/aromatic N) is 2. The van der Waals surface area contributed by atoms with Gasteiger partial charge < -0.3 is 15.0 Å². The van der Waals surface area contributed by atoms with E-state index in [1.165, 1.54) is 0 Å². The summed E-state index contributed by atoms with van der Waals surface area (Å²) >= 11 is 0. The van der Waals surface area contributed by atoms with E-state index in [2.05, 4.69) is 14.9 Å². The van der Waals surface area contributed by atoms with Gasteiger partial charge in [-0.1, -0.05) is 0 Å². The second-order valence-electron chi connectivity index (χ2n) is 4.84. The second-order valence-corrected chi connectivity index (χ2v) is 4.84. The molecule has 0 bridgehead atoms. The quantitative estimate of drug-likeness (QED) is 0.690. The minimum absolute atomic E-state index is 0.126. The lowest BCUT2D eigenvalue weighted by Crippen LogP contribution is -2.44. The largest absolute Gasteiger partial charge is 0.389 e. The Kier molecular flexibility index (Phi) is 4.96. The predicted octanol–water partition coefficient (Wildman–Crippen LogP) is 1.41. The number of aliphatic hydroxyl groups is 1. The molecule has 0 radical (unpaired) electrons. The van der Waals surface area contributed by atoms with E-state index < -0.39 is 5.60 Å². The van der Waals surface area contributed by atoms with Gasteiger partial charge in [0, 0.05) is 25.0 Å². The van der Waals surface area contributed by atoms with Crippen LogP contribution in [0, 0.1) is 0 Å². The molecule has 2 N–H and O–H groups in total. The van der Waals surface area contributed by atoms with Crippen LogP contribution in [-0.2, 0) is 6.54 Å². The molecular formula is C12H23N3O. The molecule has 0 fully saturated rings. The molecule has 0 amide bonds. The monoisotopic (exact) mass is 225 g/mol. The van der Waals surface area contributed by atoms with Crippen LogP contribution in [0.3, 0.4) is 0 Å². The molecule has 1 aromatic rings. The van der Waals surface area contributed by atoms with Gasteiger partial charge in [0.1, 0.15) is 0 Å². The van der Waals surface area contributed by atoms with Crippen molar-refractivity contribution in [2.24, 2.45) is 0 Å². The third-order valence-corrected chi connectivity index (χ3v) is 2.91. The summed E-state index contributed by atoms with van der Waals surface area (Å²) in [5.74, 6) is 0. The first kappa shape index (κ1) is 13.2. The molecule has 16 heavy (non-hydrogen) atoms. The van der Waals surface area contributed by atoms with Gasteiger partial charge in [-0.05, 0) is 40.2 Å². The van der Waals surface area contributed by atoms with Crippen LogP contribution in [0.15, 0.2) is 18.7 Å². The fourth-order valence-electron chi connectivity index (χ4n) is 1.41. The molecule has 1 atom stereocenters. The zero-order valence-electron chi connectivity index (χ0n) is 10.5. The maximum atomic E-state index is 9.72. The summed E-state index contributed by atoms with van der Waals surface area (Å²) in [4.78, 5) is 4.00. The van der Waals surface area contributed by atoms with E-state index in [-0.39, 0.29) is 6.04 Å². The van der Waals surface area contributed by atoms with Crippen molar-refractivity contribution in [3.8, 4) is 0 Å². The van der Waals surface area contributed by atoms with Gasteiger partial charge in [0.25, 0.3) is 0 Å². The Morgan fingerprint density at radius 3 is 2.75 bits per heavy atom. The van der Waals surface area contributed by atoms with Crippen LogP contribution in [0.2, 0.25) is 0 Å². The maximum absolute atomic E-state index is 9.72. The summed E-state index contributed by atoms with van der Waals surface area (Å²) in [6.07, 6.45) is 7.86. The second kappa shape index (κ2) is 6.01. The van der Waals surface area contributed by atoms with Crippen molar-refractivity contribution in [2.75, 3.05) is 6.54 Å². The summed E-state index contributed by atoms with van der Waals surface area (Å²) in [7, 11) is 0. The van der Waals surface area contributed by atoms with Gasteiger partial charge in [-0.25, -0.2) is 4.98 Å². The molecule has 4 nitrogen and oxygen atoms in total. The first-order chi connectivity index (χ1) is 7.50. The molecule has 0 aromatic carbocycles. The zero-order chi connectivity index (χ0) is 12.0. The minimum atomic E-state index is -0.648. The fraction of sp³-hybridized carbons (Fsp3) is 0.750. The van der Waals surface area contributed by atoms with Crippen molar-refractivity contribution in [3.63, 3.8) is 0 Å². The van der Waals surface area contributed by atoms with Crippen LogP contribution in [0.4, 0.5) is 0 Å². The Morgan fingerprint density at radius 1 is 1.44 bits per heavy atom. The van der Waals surface area contributed by atoms with E-state index in [9.17, 15) is 5.11 Å². The summed E-state index contributed by atoms with van der Waals surface area (Å²) in [5, 5.41) is 13.0. The van der Waals surface area contributed by atoms with E-state index in [0.29, 0.717) is 0 Å². The Morgan fingerprint density at radius 2 is 2.19 bits per heavy atom. The molecule has 0 saturated carbocycles. The van der Waals surface area contributed by atoms with E-state index in [4.69, 9.17) is 0 Å². The molecule has 4 heteroatoms. The molecule has 0 spiro atoms. The summed E-state index contributed by atoms with van der Waals surface area (Å²) < 4.78 is 2.08. The molecule has 1 rings (SSSR count).